The lowest BCUT2D eigenvalue weighted by molar-refractivity contribution is -0.117. The second kappa shape index (κ2) is 9.84. The number of carbonyl (C=O) groups is 1. The monoisotopic (exact) mass is 409 g/mol. The third-order valence-electron chi connectivity index (χ3n) is 5.88. The summed E-state index contributed by atoms with van der Waals surface area (Å²) in [5, 5.41) is 11.2. The molecule has 4 heterocycles. The molecule has 0 aromatic carbocycles. The minimum Gasteiger partial charge on any atom is -0.357 e. The molecule has 2 aromatic heterocycles. The van der Waals surface area contributed by atoms with Gasteiger partial charge < -0.3 is 15.1 Å². The van der Waals surface area contributed by atoms with Crippen LogP contribution in [-0.4, -0.2) is 71.8 Å². The first-order chi connectivity index (χ1) is 14.7. The van der Waals surface area contributed by atoms with E-state index in [0.717, 1.165) is 56.3 Å². The predicted octanol–water partition coefficient (Wildman–Crippen LogP) is 2.40. The highest BCUT2D eigenvalue weighted by Crippen LogP contribution is 2.23. The number of likely N-dealkylation sites (N-methyl/N-ethyl adjacent to an activating group) is 1. The van der Waals surface area contributed by atoms with Crippen LogP contribution in [0.1, 0.15) is 32.1 Å². The van der Waals surface area contributed by atoms with Crippen LogP contribution >= 0.6 is 0 Å². The van der Waals surface area contributed by atoms with Crippen molar-refractivity contribution >= 4 is 23.2 Å². The van der Waals surface area contributed by atoms with Gasteiger partial charge in [0, 0.05) is 38.4 Å². The molecule has 0 spiro atoms. The van der Waals surface area contributed by atoms with E-state index in [1.54, 1.807) is 12.4 Å². The quantitative estimate of drug-likeness (QED) is 0.752. The third kappa shape index (κ3) is 5.24. The number of amides is 1. The zero-order valence-corrected chi connectivity index (χ0v) is 17.7. The zero-order chi connectivity index (χ0) is 20.8. The summed E-state index contributed by atoms with van der Waals surface area (Å²) in [5.41, 5.74) is 0.746. The second-order valence-electron chi connectivity index (χ2n) is 8.27. The maximum atomic E-state index is 12.5. The molecule has 0 aliphatic carbocycles. The van der Waals surface area contributed by atoms with Gasteiger partial charge in [0.25, 0.3) is 0 Å². The molecule has 2 aromatic rings. The van der Waals surface area contributed by atoms with E-state index in [0.29, 0.717) is 12.6 Å². The number of hydrogen-bond acceptors (Lipinski definition) is 7. The number of carbonyl (C=O) groups excluding carboxylic acids is 1. The normalized spacial score (nSPS) is 19.3. The van der Waals surface area contributed by atoms with Gasteiger partial charge in [-0.05, 0) is 63.4 Å². The number of nitrogens with zero attached hydrogens (tertiary/aromatic N) is 6. The molecule has 0 radical (unpaired) electrons. The Hall–Kier alpha value is -2.74. The first kappa shape index (κ1) is 20.5. The minimum atomic E-state index is -0.0194. The summed E-state index contributed by atoms with van der Waals surface area (Å²) in [6.07, 6.45) is 9.44. The number of nitrogens with one attached hydrogen (secondary N) is 1. The van der Waals surface area contributed by atoms with Gasteiger partial charge in [-0.2, -0.15) is 5.10 Å². The van der Waals surface area contributed by atoms with Gasteiger partial charge in [-0.3, -0.25) is 9.69 Å². The SMILES string of the molecule is CN(CC(=O)Nc1ccc(N2CCCCC2)nc1)CC1CCCN1c1cccnn1. The van der Waals surface area contributed by atoms with E-state index in [2.05, 4.69) is 35.2 Å². The lowest BCUT2D eigenvalue weighted by Gasteiger charge is -2.29. The summed E-state index contributed by atoms with van der Waals surface area (Å²) in [7, 11) is 1.99. The van der Waals surface area contributed by atoms with E-state index in [1.807, 2.05) is 31.3 Å². The molecule has 4 rings (SSSR count). The smallest absolute Gasteiger partial charge is 0.238 e. The summed E-state index contributed by atoms with van der Waals surface area (Å²) in [6.45, 7) is 4.28. The van der Waals surface area contributed by atoms with Gasteiger partial charge in [0.15, 0.2) is 5.82 Å². The van der Waals surface area contributed by atoms with Crippen molar-refractivity contribution in [3.05, 3.63) is 36.7 Å². The van der Waals surface area contributed by atoms with Crippen LogP contribution in [0.5, 0.6) is 0 Å². The van der Waals surface area contributed by atoms with Crippen molar-refractivity contribution < 1.29 is 4.79 Å². The van der Waals surface area contributed by atoms with Crippen molar-refractivity contribution in [1.82, 2.24) is 20.1 Å². The fourth-order valence-corrected chi connectivity index (χ4v) is 4.41. The highest BCUT2D eigenvalue weighted by molar-refractivity contribution is 5.92. The Balaban J connectivity index is 1.26. The second-order valence-corrected chi connectivity index (χ2v) is 8.27. The molecule has 0 saturated carbocycles. The van der Waals surface area contributed by atoms with Crippen molar-refractivity contribution in [2.45, 2.75) is 38.1 Å². The zero-order valence-electron chi connectivity index (χ0n) is 17.7. The van der Waals surface area contributed by atoms with Crippen molar-refractivity contribution in [3.8, 4) is 0 Å². The fourth-order valence-electron chi connectivity index (χ4n) is 4.41. The summed E-state index contributed by atoms with van der Waals surface area (Å²) in [6, 6.07) is 8.21. The Bertz CT molecular complexity index is 808. The molecule has 8 heteroatoms. The largest absolute Gasteiger partial charge is 0.357 e. The van der Waals surface area contributed by atoms with E-state index in [4.69, 9.17) is 0 Å². The van der Waals surface area contributed by atoms with Gasteiger partial charge in [-0.25, -0.2) is 4.98 Å². The highest BCUT2D eigenvalue weighted by atomic mass is 16.2. The molecule has 1 N–H and O–H groups in total. The Kier molecular flexibility index (Phi) is 6.74. The minimum absolute atomic E-state index is 0.0194. The summed E-state index contributed by atoms with van der Waals surface area (Å²) in [5.74, 6) is 1.89. The molecule has 2 fully saturated rings. The number of rotatable bonds is 7. The first-order valence-electron chi connectivity index (χ1n) is 10.9. The molecular formula is C22H31N7O. The molecule has 30 heavy (non-hydrogen) atoms. The van der Waals surface area contributed by atoms with Gasteiger partial charge >= 0.3 is 0 Å². The fraction of sp³-hybridized carbons (Fsp3) is 0.545. The molecule has 2 aliphatic heterocycles. The maximum Gasteiger partial charge on any atom is 0.238 e. The summed E-state index contributed by atoms with van der Waals surface area (Å²) < 4.78 is 0. The van der Waals surface area contributed by atoms with Crippen LogP contribution in [0.4, 0.5) is 17.3 Å². The van der Waals surface area contributed by atoms with Crippen LogP contribution in [-0.2, 0) is 4.79 Å². The van der Waals surface area contributed by atoms with E-state index in [1.165, 1.54) is 19.3 Å². The van der Waals surface area contributed by atoms with Gasteiger partial charge in [0.2, 0.25) is 5.91 Å². The average molecular weight is 410 g/mol. The standard InChI is InChI=1S/C22H31N7O/c1-27(16-19-7-6-14-29(19)21-8-5-11-24-26-21)17-22(30)25-18-9-10-20(23-15-18)28-12-3-2-4-13-28/h5,8-11,15,19H,2-4,6-7,12-14,16-17H2,1H3,(H,25,30). The van der Waals surface area contributed by atoms with Gasteiger partial charge in [-0.15, -0.1) is 5.10 Å². The number of anilines is 3. The van der Waals surface area contributed by atoms with Gasteiger partial charge in [0.05, 0.1) is 18.4 Å². The van der Waals surface area contributed by atoms with E-state index in [9.17, 15) is 4.79 Å². The van der Waals surface area contributed by atoms with Crippen LogP contribution in [0.3, 0.4) is 0 Å². The summed E-state index contributed by atoms with van der Waals surface area (Å²) in [4.78, 5) is 23.7. The number of pyridine rings is 1. The molecule has 160 valence electrons. The number of piperidine rings is 1. The average Bonchev–Trinajstić information content (AvgIpc) is 3.23. The van der Waals surface area contributed by atoms with Crippen molar-refractivity contribution in [3.63, 3.8) is 0 Å². The Morgan fingerprint density at radius 1 is 1.13 bits per heavy atom. The van der Waals surface area contributed by atoms with E-state index in [-0.39, 0.29) is 5.91 Å². The molecule has 2 saturated heterocycles. The Labute approximate surface area is 178 Å². The molecule has 8 nitrogen and oxygen atoms in total. The van der Waals surface area contributed by atoms with Crippen molar-refractivity contribution in [2.75, 3.05) is 54.9 Å². The van der Waals surface area contributed by atoms with E-state index < -0.39 is 0 Å². The van der Waals surface area contributed by atoms with Crippen LogP contribution in [0.15, 0.2) is 36.7 Å². The summed E-state index contributed by atoms with van der Waals surface area (Å²) >= 11 is 0. The molecular weight excluding hydrogens is 378 g/mol. The lowest BCUT2D eigenvalue weighted by atomic mass is 10.1. The van der Waals surface area contributed by atoms with E-state index >= 15 is 0 Å². The van der Waals surface area contributed by atoms with Crippen LogP contribution < -0.4 is 15.1 Å². The maximum absolute atomic E-state index is 12.5. The molecule has 1 unspecified atom stereocenters. The van der Waals surface area contributed by atoms with Gasteiger partial charge in [0.1, 0.15) is 5.82 Å². The topological polar surface area (TPSA) is 77.5 Å². The Morgan fingerprint density at radius 2 is 2.00 bits per heavy atom. The highest BCUT2D eigenvalue weighted by Gasteiger charge is 2.27. The number of hydrogen-bond donors (Lipinski definition) is 1. The predicted molar refractivity (Wildman–Crippen MR) is 119 cm³/mol. The first-order valence-corrected chi connectivity index (χ1v) is 10.9. The van der Waals surface area contributed by atoms with Crippen molar-refractivity contribution in [2.24, 2.45) is 0 Å². The number of aromatic nitrogens is 3. The van der Waals surface area contributed by atoms with Crippen LogP contribution in [0.25, 0.3) is 0 Å². The lowest BCUT2D eigenvalue weighted by Crippen LogP contribution is -2.42. The van der Waals surface area contributed by atoms with Crippen LogP contribution in [0.2, 0.25) is 0 Å². The molecule has 1 amide bonds. The third-order valence-corrected chi connectivity index (χ3v) is 5.88. The van der Waals surface area contributed by atoms with Crippen molar-refractivity contribution in [1.29, 1.82) is 0 Å². The Morgan fingerprint density at radius 3 is 2.73 bits per heavy atom. The molecule has 0 bridgehead atoms. The van der Waals surface area contributed by atoms with Crippen LogP contribution in [0, 0.1) is 0 Å². The molecule has 2 aliphatic rings. The molecule has 1 atom stereocenters. The van der Waals surface area contributed by atoms with Gasteiger partial charge in [-0.1, -0.05) is 0 Å².